The fourth-order valence-electron chi connectivity index (χ4n) is 2.50. The van der Waals surface area contributed by atoms with E-state index >= 15 is 0 Å². The fraction of sp³-hybridized carbons (Fsp3) is 0.200. The minimum Gasteiger partial charge on any atom is -0.436 e. The number of benzene rings is 1. The first-order chi connectivity index (χ1) is 9.55. The predicted octanol–water partition coefficient (Wildman–Crippen LogP) is 3.79. The summed E-state index contributed by atoms with van der Waals surface area (Å²) in [6.45, 7) is 3.83. The number of thiophene rings is 1. The van der Waals surface area contributed by atoms with E-state index in [1.807, 2.05) is 42.8 Å². The zero-order valence-electron chi connectivity index (χ0n) is 11.1. The van der Waals surface area contributed by atoms with E-state index < -0.39 is 5.41 Å². The summed E-state index contributed by atoms with van der Waals surface area (Å²) in [4.78, 5) is 16.5. The van der Waals surface area contributed by atoms with Crippen molar-refractivity contribution in [1.29, 1.82) is 0 Å². The van der Waals surface area contributed by atoms with E-state index in [2.05, 4.69) is 10.3 Å². The second-order valence-corrected chi connectivity index (χ2v) is 6.26. The van der Waals surface area contributed by atoms with Gasteiger partial charge in [-0.15, -0.1) is 0 Å². The molecule has 0 atom stereocenters. The lowest BCUT2D eigenvalue weighted by Gasteiger charge is -2.14. The minimum atomic E-state index is -0.523. The molecule has 0 radical (unpaired) electrons. The fourth-order valence-corrected chi connectivity index (χ4v) is 3.13. The van der Waals surface area contributed by atoms with Crippen LogP contribution < -0.4 is 5.32 Å². The second kappa shape index (κ2) is 3.70. The molecule has 0 bridgehead atoms. The number of nitrogens with one attached hydrogen (secondary N) is 1. The normalized spacial score (nSPS) is 16.4. The Bertz CT molecular complexity index is 831. The monoisotopic (exact) mass is 284 g/mol. The number of hydrogen-bond acceptors (Lipinski definition) is 4. The van der Waals surface area contributed by atoms with Gasteiger partial charge >= 0.3 is 0 Å². The zero-order chi connectivity index (χ0) is 13.9. The van der Waals surface area contributed by atoms with Crippen molar-refractivity contribution in [2.75, 3.05) is 5.32 Å². The summed E-state index contributed by atoms with van der Waals surface area (Å²) in [7, 11) is 0. The first-order valence-corrected chi connectivity index (χ1v) is 7.29. The smallest absolute Gasteiger partial charge is 0.234 e. The van der Waals surface area contributed by atoms with E-state index in [9.17, 15) is 4.79 Å². The van der Waals surface area contributed by atoms with Gasteiger partial charge in [0, 0.05) is 22.7 Å². The average molecular weight is 284 g/mol. The van der Waals surface area contributed by atoms with Crippen LogP contribution in [0.2, 0.25) is 0 Å². The van der Waals surface area contributed by atoms with Gasteiger partial charge in [0.2, 0.25) is 11.8 Å². The predicted molar refractivity (Wildman–Crippen MR) is 79.0 cm³/mol. The summed E-state index contributed by atoms with van der Waals surface area (Å²) >= 11 is 1.61. The highest BCUT2D eigenvalue weighted by atomic mass is 32.1. The van der Waals surface area contributed by atoms with Crippen LogP contribution in [0.5, 0.6) is 0 Å². The molecule has 1 aliphatic rings. The summed E-state index contributed by atoms with van der Waals surface area (Å²) in [5.41, 5.74) is 3.73. The van der Waals surface area contributed by atoms with E-state index in [1.165, 1.54) is 0 Å². The first kappa shape index (κ1) is 11.7. The van der Waals surface area contributed by atoms with Crippen molar-refractivity contribution in [3.05, 3.63) is 34.5 Å². The number of aromatic nitrogens is 1. The van der Waals surface area contributed by atoms with Gasteiger partial charge in [-0.2, -0.15) is 11.3 Å². The number of hydrogen-bond donors (Lipinski definition) is 1. The summed E-state index contributed by atoms with van der Waals surface area (Å²) in [5.74, 6) is 0.632. The van der Waals surface area contributed by atoms with Crippen molar-refractivity contribution < 1.29 is 9.21 Å². The van der Waals surface area contributed by atoms with Crippen molar-refractivity contribution in [3.63, 3.8) is 0 Å². The summed E-state index contributed by atoms with van der Waals surface area (Å²) in [6, 6.07) is 5.79. The lowest BCUT2D eigenvalue weighted by Crippen LogP contribution is -2.26. The van der Waals surface area contributed by atoms with E-state index in [0.29, 0.717) is 11.5 Å². The van der Waals surface area contributed by atoms with Gasteiger partial charge in [0.15, 0.2) is 5.58 Å². The first-order valence-electron chi connectivity index (χ1n) is 6.35. The maximum atomic E-state index is 11.9. The molecule has 0 saturated carbocycles. The van der Waals surface area contributed by atoms with E-state index in [0.717, 1.165) is 22.3 Å². The SMILES string of the molecule is CC1(C)C(=O)Nc2cc3oc(-c4ccsc4)nc3cc21. The van der Waals surface area contributed by atoms with Crippen LogP contribution in [0, 0.1) is 0 Å². The molecule has 5 heteroatoms. The number of carbonyl (C=O) groups is 1. The third kappa shape index (κ3) is 1.47. The Labute approximate surface area is 119 Å². The average Bonchev–Trinajstić information content (AvgIpc) is 3.08. The minimum absolute atomic E-state index is 0.0122. The molecule has 3 heterocycles. The van der Waals surface area contributed by atoms with Crippen LogP contribution in [0.3, 0.4) is 0 Å². The zero-order valence-corrected chi connectivity index (χ0v) is 11.9. The Morgan fingerprint density at radius 2 is 2.20 bits per heavy atom. The third-order valence-electron chi connectivity index (χ3n) is 3.79. The van der Waals surface area contributed by atoms with Crippen LogP contribution in [0.25, 0.3) is 22.6 Å². The number of rotatable bonds is 1. The summed E-state index contributed by atoms with van der Waals surface area (Å²) in [5, 5.41) is 6.90. The van der Waals surface area contributed by atoms with Crippen LogP contribution in [0.1, 0.15) is 19.4 Å². The van der Waals surface area contributed by atoms with Crippen LogP contribution in [0.15, 0.2) is 33.4 Å². The van der Waals surface area contributed by atoms with Crippen molar-refractivity contribution in [2.45, 2.75) is 19.3 Å². The van der Waals surface area contributed by atoms with E-state index in [4.69, 9.17) is 4.42 Å². The Kier molecular flexibility index (Phi) is 2.16. The molecular formula is C15H12N2O2S. The molecule has 20 heavy (non-hydrogen) atoms. The largest absolute Gasteiger partial charge is 0.436 e. The van der Waals surface area contributed by atoms with Crippen molar-refractivity contribution >= 4 is 34.0 Å². The Balaban J connectivity index is 1.93. The molecule has 0 fully saturated rings. The van der Waals surface area contributed by atoms with Gasteiger partial charge in [-0.25, -0.2) is 4.98 Å². The van der Waals surface area contributed by atoms with Gasteiger partial charge < -0.3 is 9.73 Å². The molecule has 3 aromatic rings. The molecule has 1 aliphatic heterocycles. The molecule has 2 aromatic heterocycles. The van der Waals surface area contributed by atoms with Gasteiger partial charge in [-0.05, 0) is 36.9 Å². The lowest BCUT2D eigenvalue weighted by atomic mass is 9.86. The number of carbonyl (C=O) groups excluding carboxylic acids is 1. The van der Waals surface area contributed by atoms with Gasteiger partial charge in [0.05, 0.1) is 5.41 Å². The Hall–Kier alpha value is -2.14. The standard InChI is InChI=1S/C15H12N2O2S/c1-15(2)9-5-11-12(6-10(9)17-14(15)18)19-13(16-11)8-3-4-20-7-8/h3-7H,1-2H3,(H,17,18). The Morgan fingerprint density at radius 3 is 2.95 bits per heavy atom. The highest BCUT2D eigenvalue weighted by Crippen LogP contribution is 2.40. The van der Waals surface area contributed by atoms with Crippen LogP contribution in [0.4, 0.5) is 5.69 Å². The van der Waals surface area contributed by atoms with Gasteiger partial charge in [0.25, 0.3) is 0 Å². The molecule has 0 saturated heterocycles. The number of amides is 1. The molecular weight excluding hydrogens is 272 g/mol. The molecule has 1 amide bonds. The van der Waals surface area contributed by atoms with Crippen molar-refractivity contribution in [3.8, 4) is 11.5 Å². The molecule has 1 N–H and O–H groups in total. The quantitative estimate of drug-likeness (QED) is 0.739. The maximum absolute atomic E-state index is 11.9. The maximum Gasteiger partial charge on any atom is 0.234 e. The highest BCUT2D eigenvalue weighted by molar-refractivity contribution is 7.08. The molecule has 4 rings (SSSR count). The van der Waals surface area contributed by atoms with Crippen molar-refractivity contribution in [2.24, 2.45) is 0 Å². The molecule has 4 nitrogen and oxygen atoms in total. The number of oxazole rings is 1. The second-order valence-electron chi connectivity index (χ2n) is 5.48. The van der Waals surface area contributed by atoms with Crippen molar-refractivity contribution in [1.82, 2.24) is 4.98 Å². The summed E-state index contributed by atoms with van der Waals surface area (Å²) < 4.78 is 5.79. The van der Waals surface area contributed by atoms with Gasteiger partial charge in [-0.1, -0.05) is 0 Å². The molecule has 0 aliphatic carbocycles. The van der Waals surface area contributed by atoms with Gasteiger partial charge in [0.1, 0.15) is 5.52 Å². The van der Waals surface area contributed by atoms with Crippen LogP contribution in [-0.2, 0) is 10.2 Å². The molecule has 0 spiro atoms. The van der Waals surface area contributed by atoms with Crippen LogP contribution in [-0.4, -0.2) is 10.9 Å². The number of fused-ring (bicyclic) bond motifs is 2. The third-order valence-corrected chi connectivity index (χ3v) is 4.47. The number of anilines is 1. The number of nitrogens with zero attached hydrogens (tertiary/aromatic N) is 1. The summed E-state index contributed by atoms with van der Waals surface area (Å²) in [6.07, 6.45) is 0. The van der Waals surface area contributed by atoms with Crippen LogP contribution >= 0.6 is 11.3 Å². The van der Waals surface area contributed by atoms with E-state index in [1.54, 1.807) is 11.3 Å². The molecule has 100 valence electrons. The molecule has 1 aromatic carbocycles. The lowest BCUT2D eigenvalue weighted by molar-refractivity contribution is -0.119. The van der Waals surface area contributed by atoms with Gasteiger partial charge in [-0.3, -0.25) is 4.79 Å². The topological polar surface area (TPSA) is 55.1 Å². The highest BCUT2D eigenvalue weighted by Gasteiger charge is 2.39. The Morgan fingerprint density at radius 1 is 1.35 bits per heavy atom. The molecule has 0 unspecified atom stereocenters. The van der Waals surface area contributed by atoms with E-state index in [-0.39, 0.29) is 5.91 Å².